The van der Waals surface area contributed by atoms with Gasteiger partial charge < -0.3 is 15.3 Å². The van der Waals surface area contributed by atoms with Gasteiger partial charge in [0.25, 0.3) is 5.91 Å². The minimum atomic E-state index is -0.348. The SMILES string of the molecule is CNc1cc(C)ccc1C(=O)N1CCC(C(C)O)C1. The lowest BCUT2D eigenvalue weighted by atomic mass is 10.0. The van der Waals surface area contributed by atoms with E-state index in [4.69, 9.17) is 0 Å². The van der Waals surface area contributed by atoms with Crippen molar-refractivity contribution in [1.29, 1.82) is 0 Å². The monoisotopic (exact) mass is 262 g/mol. The van der Waals surface area contributed by atoms with Gasteiger partial charge in [-0.05, 0) is 38.0 Å². The van der Waals surface area contributed by atoms with Crippen molar-refractivity contribution in [3.05, 3.63) is 29.3 Å². The maximum Gasteiger partial charge on any atom is 0.255 e. The molecule has 2 rings (SSSR count). The van der Waals surface area contributed by atoms with Gasteiger partial charge in [-0.1, -0.05) is 6.07 Å². The Hall–Kier alpha value is -1.55. The van der Waals surface area contributed by atoms with Crippen LogP contribution < -0.4 is 5.32 Å². The normalized spacial score (nSPS) is 20.4. The van der Waals surface area contributed by atoms with E-state index in [-0.39, 0.29) is 17.9 Å². The van der Waals surface area contributed by atoms with Crippen LogP contribution in [0.2, 0.25) is 0 Å². The summed E-state index contributed by atoms with van der Waals surface area (Å²) >= 11 is 0. The number of aryl methyl sites for hydroxylation is 1. The third-order valence-corrected chi connectivity index (χ3v) is 3.87. The summed E-state index contributed by atoms with van der Waals surface area (Å²) < 4.78 is 0. The number of nitrogens with one attached hydrogen (secondary N) is 1. The Morgan fingerprint density at radius 1 is 1.53 bits per heavy atom. The van der Waals surface area contributed by atoms with Gasteiger partial charge in [0.05, 0.1) is 11.7 Å². The Morgan fingerprint density at radius 3 is 2.84 bits per heavy atom. The second kappa shape index (κ2) is 5.61. The van der Waals surface area contributed by atoms with Crippen molar-refractivity contribution in [2.24, 2.45) is 5.92 Å². The summed E-state index contributed by atoms with van der Waals surface area (Å²) in [5.41, 5.74) is 2.70. The molecule has 0 spiro atoms. The topological polar surface area (TPSA) is 52.6 Å². The maximum atomic E-state index is 12.5. The van der Waals surface area contributed by atoms with Crippen molar-refractivity contribution in [3.63, 3.8) is 0 Å². The standard InChI is InChI=1S/C15H22N2O2/c1-10-4-5-13(14(8-10)16-3)15(19)17-7-6-12(9-17)11(2)18/h4-5,8,11-12,16,18H,6-7,9H2,1-3H3. The first kappa shape index (κ1) is 13.9. The van der Waals surface area contributed by atoms with Crippen LogP contribution in [-0.2, 0) is 0 Å². The zero-order chi connectivity index (χ0) is 14.0. The van der Waals surface area contributed by atoms with Gasteiger partial charge in [0.1, 0.15) is 0 Å². The number of hydrogen-bond acceptors (Lipinski definition) is 3. The first-order valence-corrected chi connectivity index (χ1v) is 6.78. The predicted molar refractivity (Wildman–Crippen MR) is 76.4 cm³/mol. The van der Waals surface area contributed by atoms with E-state index in [2.05, 4.69) is 5.32 Å². The fraction of sp³-hybridized carbons (Fsp3) is 0.533. The smallest absolute Gasteiger partial charge is 0.255 e. The molecule has 0 bridgehead atoms. The van der Waals surface area contributed by atoms with Crippen LogP contribution >= 0.6 is 0 Å². The summed E-state index contributed by atoms with van der Waals surface area (Å²) in [5, 5.41) is 12.7. The number of rotatable bonds is 3. The maximum absolute atomic E-state index is 12.5. The van der Waals surface area contributed by atoms with Gasteiger partial charge in [-0.3, -0.25) is 4.79 Å². The fourth-order valence-corrected chi connectivity index (χ4v) is 2.59. The Balaban J connectivity index is 2.17. The molecule has 1 heterocycles. The number of carbonyl (C=O) groups is 1. The van der Waals surface area contributed by atoms with Gasteiger partial charge in [-0.15, -0.1) is 0 Å². The highest BCUT2D eigenvalue weighted by molar-refractivity contribution is 5.99. The van der Waals surface area contributed by atoms with Crippen molar-refractivity contribution < 1.29 is 9.90 Å². The van der Waals surface area contributed by atoms with Crippen LogP contribution in [0.3, 0.4) is 0 Å². The molecule has 104 valence electrons. The fourth-order valence-electron chi connectivity index (χ4n) is 2.59. The Labute approximate surface area is 114 Å². The zero-order valence-electron chi connectivity index (χ0n) is 11.8. The molecule has 1 amide bonds. The minimum absolute atomic E-state index is 0.0486. The van der Waals surface area contributed by atoms with Crippen LogP contribution in [0.1, 0.15) is 29.3 Å². The molecule has 19 heavy (non-hydrogen) atoms. The molecule has 1 aromatic rings. The Bertz CT molecular complexity index is 471. The molecule has 0 aliphatic carbocycles. The van der Waals surface area contributed by atoms with E-state index in [9.17, 15) is 9.90 Å². The van der Waals surface area contributed by atoms with Gasteiger partial charge in [-0.25, -0.2) is 0 Å². The highest BCUT2D eigenvalue weighted by Crippen LogP contribution is 2.24. The lowest BCUT2D eigenvalue weighted by Gasteiger charge is -2.19. The molecule has 1 fully saturated rings. The molecule has 1 aromatic carbocycles. The van der Waals surface area contributed by atoms with E-state index < -0.39 is 0 Å². The number of aliphatic hydroxyl groups excluding tert-OH is 1. The van der Waals surface area contributed by atoms with Crippen molar-refractivity contribution in [3.8, 4) is 0 Å². The van der Waals surface area contributed by atoms with Gasteiger partial charge in [-0.2, -0.15) is 0 Å². The van der Waals surface area contributed by atoms with Crippen molar-refractivity contribution in [2.75, 3.05) is 25.5 Å². The van der Waals surface area contributed by atoms with E-state index in [1.54, 1.807) is 6.92 Å². The number of hydrogen-bond donors (Lipinski definition) is 2. The van der Waals surface area contributed by atoms with Crippen LogP contribution in [0.15, 0.2) is 18.2 Å². The van der Waals surface area contributed by atoms with Crippen LogP contribution in [0.25, 0.3) is 0 Å². The molecule has 2 unspecified atom stereocenters. The molecule has 2 N–H and O–H groups in total. The van der Waals surface area contributed by atoms with Crippen molar-refractivity contribution in [1.82, 2.24) is 4.90 Å². The second-order valence-corrected chi connectivity index (χ2v) is 5.34. The Kier molecular flexibility index (Phi) is 4.10. The Morgan fingerprint density at radius 2 is 2.26 bits per heavy atom. The lowest BCUT2D eigenvalue weighted by molar-refractivity contribution is 0.0763. The summed E-state index contributed by atoms with van der Waals surface area (Å²) in [5.74, 6) is 0.250. The van der Waals surface area contributed by atoms with Crippen LogP contribution in [0.4, 0.5) is 5.69 Å². The lowest BCUT2D eigenvalue weighted by Crippen LogP contribution is -2.30. The molecule has 1 saturated heterocycles. The summed E-state index contributed by atoms with van der Waals surface area (Å²) in [6, 6.07) is 5.81. The second-order valence-electron chi connectivity index (χ2n) is 5.34. The third-order valence-electron chi connectivity index (χ3n) is 3.87. The molecule has 4 heteroatoms. The van der Waals surface area contributed by atoms with Gasteiger partial charge >= 0.3 is 0 Å². The molecular formula is C15H22N2O2. The average molecular weight is 262 g/mol. The number of benzene rings is 1. The van der Waals surface area contributed by atoms with E-state index in [0.717, 1.165) is 24.2 Å². The largest absolute Gasteiger partial charge is 0.393 e. The first-order chi connectivity index (χ1) is 9.02. The molecule has 2 atom stereocenters. The molecular weight excluding hydrogens is 240 g/mol. The van der Waals surface area contributed by atoms with Gasteiger partial charge in [0.15, 0.2) is 0 Å². The van der Waals surface area contributed by atoms with Crippen LogP contribution in [0.5, 0.6) is 0 Å². The van der Waals surface area contributed by atoms with E-state index >= 15 is 0 Å². The highest BCUT2D eigenvalue weighted by Gasteiger charge is 2.30. The quantitative estimate of drug-likeness (QED) is 0.874. The van der Waals surface area contributed by atoms with Crippen molar-refractivity contribution in [2.45, 2.75) is 26.4 Å². The van der Waals surface area contributed by atoms with Crippen molar-refractivity contribution >= 4 is 11.6 Å². The third kappa shape index (κ3) is 2.89. The average Bonchev–Trinajstić information content (AvgIpc) is 2.87. The molecule has 1 aliphatic rings. The number of amides is 1. The first-order valence-electron chi connectivity index (χ1n) is 6.78. The molecule has 4 nitrogen and oxygen atoms in total. The summed E-state index contributed by atoms with van der Waals surface area (Å²) in [4.78, 5) is 14.3. The van der Waals surface area contributed by atoms with Crippen LogP contribution in [-0.4, -0.2) is 42.2 Å². The van der Waals surface area contributed by atoms with Gasteiger partial charge in [0.2, 0.25) is 0 Å². The molecule has 1 aliphatic heterocycles. The van der Waals surface area contributed by atoms with Crippen LogP contribution in [0, 0.1) is 12.8 Å². The summed E-state index contributed by atoms with van der Waals surface area (Å²) in [7, 11) is 1.83. The van der Waals surface area contributed by atoms with E-state index in [1.807, 2.05) is 37.1 Å². The summed E-state index contributed by atoms with van der Waals surface area (Å²) in [6.45, 7) is 5.18. The molecule has 0 radical (unpaired) electrons. The minimum Gasteiger partial charge on any atom is -0.393 e. The highest BCUT2D eigenvalue weighted by atomic mass is 16.3. The van der Waals surface area contributed by atoms with E-state index in [1.165, 1.54) is 0 Å². The molecule has 0 saturated carbocycles. The number of nitrogens with zero attached hydrogens (tertiary/aromatic N) is 1. The number of likely N-dealkylation sites (tertiary alicyclic amines) is 1. The van der Waals surface area contributed by atoms with Gasteiger partial charge in [0, 0.05) is 31.7 Å². The predicted octanol–water partition coefficient (Wildman–Crippen LogP) is 1.88. The van der Waals surface area contributed by atoms with E-state index in [0.29, 0.717) is 12.1 Å². The molecule has 0 aromatic heterocycles. The zero-order valence-corrected chi connectivity index (χ0v) is 11.8. The summed E-state index contributed by atoms with van der Waals surface area (Å²) in [6.07, 6.45) is 0.532. The number of anilines is 1. The number of aliphatic hydroxyl groups is 1. The number of carbonyl (C=O) groups excluding carboxylic acids is 1.